The smallest absolute Gasteiger partial charge is 0.337 e. The van der Waals surface area contributed by atoms with Gasteiger partial charge in [0.2, 0.25) is 0 Å². The molecule has 0 bridgehead atoms. The number of fused-ring (bicyclic) bond motifs is 1. The highest BCUT2D eigenvalue weighted by Crippen LogP contribution is 2.51. The first-order valence-electron chi connectivity index (χ1n) is 4.22. The Morgan fingerprint density at radius 3 is 2.21 bits per heavy atom. The van der Waals surface area contributed by atoms with Crippen LogP contribution in [0.2, 0.25) is 0 Å². The van der Waals surface area contributed by atoms with Gasteiger partial charge in [-0.25, -0.2) is 0 Å². The number of thiophene rings is 1. The van der Waals surface area contributed by atoms with Crippen LogP contribution in [0.15, 0.2) is 41.8 Å². The lowest BCUT2D eigenvalue weighted by molar-refractivity contribution is 0.588. The third-order valence-electron chi connectivity index (χ3n) is 1.90. The molecular formula is C10H7O2PS. The van der Waals surface area contributed by atoms with Crippen molar-refractivity contribution in [3.63, 3.8) is 0 Å². The molecule has 70 valence electrons. The minimum Gasteiger partial charge on any atom is -0.431 e. The maximum Gasteiger partial charge on any atom is 0.337 e. The van der Waals surface area contributed by atoms with Gasteiger partial charge in [0.1, 0.15) is 4.62 Å². The molecule has 0 spiro atoms. The van der Waals surface area contributed by atoms with Crippen molar-refractivity contribution in [3.8, 4) is 11.5 Å². The minimum absolute atomic E-state index is 0.854. The van der Waals surface area contributed by atoms with Crippen molar-refractivity contribution in [2.75, 3.05) is 0 Å². The molecule has 0 amide bonds. The summed E-state index contributed by atoms with van der Waals surface area (Å²) in [4.78, 5) is 0. The lowest BCUT2D eigenvalue weighted by atomic mass is 10.3. The largest absolute Gasteiger partial charge is 0.431 e. The normalized spacial score (nSPS) is 14.6. The maximum atomic E-state index is 5.70. The van der Waals surface area contributed by atoms with E-state index >= 15 is 0 Å². The van der Waals surface area contributed by atoms with E-state index < -0.39 is 8.38 Å². The highest BCUT2D eigenvalue weighted by atomic mass is 32.1. The molecule has 4 heteroatoms. The molecule has 0 fully saturated rings. The first-order valence-corrected chi connectivity index (χ1v) is 6.28. The van der Waals surface area contributed by atoms with Crippen LogP contribution >= 0.6 is 19.7 Å². The number of benzene rings is 1. The molecule has 0 aliphatic carbocycles. The fraction of sp³-hybridized carbons (Fsp3) is 0. The van der Waals surface area contributed by atoms with Crippen LogP contribution in [0.4, 0.5) is 0 Å². The van der Waals surface area contributed by atoms with E-state index in [0.717, 1.165) is 16.1 Å². The predicted molar refractivity (Wildman–Crippen MR) is 58.6 cm³/mol. The molecule has 0 saturated heterocycles. The fourth-order valence-corrected chi connectivity index (χ4v) is 3.55. The van der Waals surface area contributed by atoms with E-state index in [2.05, 4.69) is 0 Å². The Labute approximate surface area is 87.0 Å². The molecule has 0 N–H and O–H groups in total. The number of rotatable bonds is 1. The minimum atomic E-state index is -0.912. The van der Waals surface area contributed by atoms with Crippen LogP contribution in [0.25, 0.3) is 0 Å². The van der Waals surface area contributed by atoms with Gasteiger partial charge in [-0.3, -0.25) is 0 Å². The van der Waals surface area contributed by atoms with Crippen LogP contribution in [0.3, 0.4) is 0 Å². The van der Waals surface area contributed by atoms with Crippen molar-refractivity contribution in [2.24, 2.45) is 0 Å². The van der Waals surface area contributed by atoms with Crippen LogP contribution in [-0.4, -0.2) is 0 Å². The van der Waals surface area contributed by atoms with Crippen LogP contribution in [0, 0.1) is 0 Å². The van der Waals surface area contributed by atoms with Crippen LogP contribution in [0.1, 0.15) is 0 Å². The number of hydrogen-bond acceptors (Lipinski definition) is 3. The molecule has 1 aliphatic heterocycles. The van der Waals surface area contributed by atoms with Gasteiger partial charge in [0.15, 0.2) is 11.5 Å². The SMILES string of the molecule is c1csc(P2Oc3ccccc3O2)c1. The number of para-hydroxylation sites is 2. The summed E-state index contributed by atoms with van der Waals surface area (Å²) >= 11 is 1.67. The monoisotopic (exact) mass is 222 g/mol. The van der Waals surface area contributed by atoms with Gasteiger partial charge < -0.3 is 9.05 Å². The first-order chi connectivity index (χ1) is 6.93. The van der Waals surface area contributed by atoms with E-state index in [0.29, 0.717) is 0 Å². The van der Waals surface area contributed by atoms with E-state index in [-0.39, 0.29) is 0 Å². The molecule has 1 aromatic carbocycles. The Morgan fingerprint density at radius 2 is 1.64 bits per heavy atom. The van der Waals surface area contributed by atoms with Gasteiger partial charge in [-0.1, -0.05) is 18.2 Å². The molecule has 1 aromatic heterocycles. The van der Waals surface area contributed by atoms with E-state index in [1.54, 1.807) is 11.3 Å². The molecule has 2 nitrogen and oxygen atoms in total. The maximum absolute atomic E-state index is 5.70. The molecule has 0 radical (unpaired) electrons. The van der Waals surface area contributed by atoms with E-state index in [4.69, 9.17) is 9.05 Å². The first kappa shape index (κ1) is 8.27. The van der Waals surface area contributed by atoms with Gasteiger partial charge in [-0.2, -0.15) is 0 Å². The highest BCUT2D eigenvalue weighted by Gasteiger charge is 2.27. The van der Waals surface area contributed by atoms with Crippen molar-refractivity contribution in [1.29, 1.82) is 0 Å². The fourth-order valence-electron chi connectivity index (χ4n) is 1.26. The van der Waals surface area contributed by atoms with Crippen LogP contribution in [0.5, 0.6) is 11.5 Å². The van der Waals surface area contributed by atoms with Gasteiger partial charge in [0.25, 0.3) is 0 Å². The van der Waals surface area contributed by atoms with Crippen molar-refractivity contribution in [1.82, 2.24) is 0 Å². The van der Waals surface area contributed by atoms with Gasteiger partial charge in [-0.05, 0) is 23.6 Å². The summed E-state index contributed by atoms with van der Waals surface area (Å²) in [6.07, 6.45) is 0. The Kier molecular flexibility index (Phi) is 1.93. The topological polar surface area (TPSA) is 18.5 Å². The zero-order valence-electron chi connectivity index (χ0n) is 7.21. The van der Waals surface area contributed by atoms with E-state index in [1.807, 2.05) is 41.8 Å². The molecule has 2 heterocycles. The molecule has 1 aliphatic rings. The summed E-state index contributed by atoms with van der Waals surface area (Å²) in [6.45, 7) is 0. The van der Waals surface area contributed by atoms with Crippen LogP contribution in [-0.2, 0) is 0 Å². The zero-order valence-corrected chi connectivity index (χ0v) is 8.92. The van der Waals surface area contributed by atoms with E-state index in [1.165, 1.54) is 0 Å². The van der Waals surface area contributed by atoms with Gasteiger partial charge in [0.05, 0.1) is 0 Å². The third-order valence-corrected chi connectivity index (χ3v) is 4.57. The second kappa shape index (κ2) is 3.26. The molecule has 0 unspecified atom stereocenters. The summed E-state index contributed by atoms with van der Waals surface area (Å²) in [5, 5.41) is 2.04. The average molecular weight is 222 g/mol. The zero-order chi connectivity index (χ0) is 9.38. The Morgan fingerprint density at radius 1 is 0.929 bits per heavy atom. The summed E-state index contributed by atoms with van der Waals surface area (Å²) in [7, 11) is -0.912. The lowest BCUT2D eigenvalue weighted by Crippen LogP contribution is -1.99. The average Bonchev–Trinajstić information content (AvgIpc) is 2.86. The molecular weight excluding hydrogens is 215 g/mol. The standard InChI is InChI=1S/C10H7O2PS/c1-2-5-9-8(4-1)11-13(12-9)10-6-3-7-14-10/h1-7H. The third kappa shape index (κ3) is 1.29. The highest BCUT2D eigenvalue weighted by molar-refractivity contribution is 7.64. The Bertz CT molecular complexity index is 416. The summed E-state index contributed by atoms with van der Waals surface area (Å²) in [5.74, 6) is 1.71. The summed E-state index contributed by atoms with van der Waals surface area (Å²) in [5.41, 5.74) is 0. The molecule has 14 heavy (non-hydrogen) atoms. The second-order valence-electron chi connectivity index (χ2n) is 2.84. The van der Waals surface area contributed by atoms with Crippen molar-refractivity contribution < 1.29 is 9.05 Å². The molecule has 0 saturated carbocycles. The summed E-state index contributed by atoms with van der Waals surface area (Å²) in [6, 6.07) is 11.8. The van der Waals surface area contributed by atoms with Gasteiger partial charge in [0, 0.05) is 0 Å². The number of hydrogen-bond donors (Lipinski definition) is 0. The lowest BCUT2D eigenvalue weighted by Gasteiger charge is -2.03. The quantitative estimate of drug-likeness (QED) is 0.690. The van der Waals surface area contributed by atoms with E-state index in [9.17, 15) is 0 Å². The summed E-state index contributed by atoms with van der Waals surface area (Å²) < 4.78 is 12.6. The van der Waals surface area contributed by atoms with Gasteiger partial charge >= 0.3 is 8.38 Å². The van der Waals surface area contributed by atoms with Gasteiger partial charge in [-0.15, -0.1) is 11.3 Å². The Balaban J connectivity index is 1.92. The van der Waals surface area contributed by atoms with Crippen molar-refractivity contribution in [2.45, 2.75) is 0 Å². The van der Waals surface area contributed by atoms with Crippen molar-refractivity contribution in [3.05, 3.63) is 41.8 Å². The second-order valence-corrected chi connectivity index (χ2v) is 5.45. The Hall–Kier alpha value is -1.05. The van der Waals surface area contributed by atoms with Crippen LogP contribution < -0.4 is 13.7 Å². The molecule has 0 atom stereocenters. The van der Waals surface area contributed by atoms with Crippen molar-refractivity contribution >= 4 is 24.3 Å². The predicted octanol–water partition coefficient (Wildman–Crippen LogP) is 3.16. The molecule has 2 aromatic rings. The molecule has 3 rings (SSSR count).